The van der Waals surface area contributed by atoms with E-state index >= 15 is 0 Å². The Hall–Kier alpha value is -3.42. The summed E-state index contributed by atoms with van der Waals surface area (Å²) in [6.45, 7) is 3.45. The third-order valence-corrected chi connectivity index (χ3v) is 5.48. The molecular formula is C25H25FN2O4. The minimum absolute atomic E-state index is 0.188. The molecule has 0 saturated carbocycles. The van der Waals surface area contributed by atoms with Crippen molar-refractivity contribution in [2.24, 2.45) is 0 Å². The molecule has 4 rings (SSSR count). The van der Waals surface area contributed by atoms with Gasteiger partial charge in [0.05, 0.1) is 24.7 Å². The lowest BCUT2D eigenvalue weighted by Gasteiger charge is -2.25. The van der Waals surface area contributed by atoms with Crippen LogP contribution in [0.5, 0.6) is 5.75 Å². The van der Waals surface area contributed by atoms with Gasteiger partial charge >= 0.3 is 0 Å². The number of hydrogen-bond donors (Lipinski definition) is 2. The number of carbonyl (C=O) groups is 1. The van der Waals surface area contributed by atoms with Gasteiger partial charge in [0.25, 0.3) is 0 Å². The fourth-order valence-corrected chi connectivity index (χ4v) is 3.75. The Kier molecular flexibility index (Phi) is 6.99. The van der Waals surface area contributed by atoms with Gasteiger partial charge in [0.15, 0.2) is 0 Å². The molecule has 3 aromatic rings. The van der Waals surface area contributed by atoms with E-state index in [1.807, 2.05) is 36.4 Å². The van der Waals surface area contributed by atoms with Crippen molar-refractivity contribution < 1.29 is 28.7 Å². The second-order valence-electron chi connectivity index (χ2n) is 7.64. The van der Waals surface area contributed by atoms with Crippen molar-refractivity contribution in [1.82, 2.24) is 0 Å². The summed E-state index contributed by atoms with van der Waals surface area (Å²) < 4.78 is 24.4. The maximum absolute atomic E-state index is 13.1. The van der Waals surface area contributed by atoms with Crippen LogP contribution in [0.3, 0.4) is 0 Å². The Morgan fingerprint density at radius 1 is 1.06 bits per heavy atom. The summed E-state index contributed by atoms with van der Waals surface area (Å²) >= 11 is 0. The van der Waals surface area contributed by atoms with Gasteiger partial charge in [0.2, 0.25) is 0 Å². The van der Waals surface area contributed by atoms with Gasteiger partial charge in [-0.05, 0) is 35.9 Å². The fourth-order valence-electron chi connectivity index (χ4n) is 3.75. The number of anilines is 1. The monoisotopic (exact) mass is 436 g/mol. The van der Waals surface area contributed by atoms with Gasteiger partial charge in [-0.2, -0.15) is 0 Å². The maximum atomic E-state index is 13.1. The minimum atomic E-state index is -1.19. The normalized spacial score (nSPS) is 14.2. The average molecular weight is 436 g/mol. The first-order valence-electron chi connectivity index (χ1n) is 10.6. The lowest BCUT2D eigenvalue weighted by Crippen LogP contribution is -3.09. The molecule has 1 heterocycles. The van der Waals surface area contributed by atoms with Gasteiger partial charge in [0.1, 0.15) is 37.0 Å². The summed E-state index contributed by atoms with van der Waals surface area (Å²) in [4.78, 5) is 12.8. The van der Waals surface area contributed by atoms with E-state index in [1.165, 1.54) is 12.1 Å². The van der Waals surface area contributed by atoms with Crippen molar-refractivity contribution >= 4 is 17.3 Å². The fraction of sp³-hybridized carbons (Fsp3) is 0.240. The Labute approximate surface area is 186 Å². The number of quaternary nitrogens is 1. The lowest BCUT2D eigenvalue weighted by atomic mass is 10.1. The number of hydrogen-bond acceptors (Lipinski definition) is 5. The summed E-state index contributed by atoms with van der Waals surface area (Å²) in [5, 5.41) is 15.0. The topological polar surface area (TPSA) is 75.1 Å². The van der Waals surface area contributed by atoms with Crippen LogP contribution >= 0.6 is 0 Å². The van der Waals surface area contributed by atoms with E-state index in [0.717, 1.165) is 34.8 Å². The number of aromatic carboxylic acids is 1. The number of benzene rings is 3. The molecule has 0 aliphatic carbocycles. The van der Waals surface area contributed by atoms with Crippen LogP contribution in [0.15, 0.2) is 66.7 Å². The molecule has 0 aromatic heterocycles. The second-order valence-corrected chi connectivity index (χ2v) is 7.64. The first-order valence-corrected chi connectivity index (χ1v) is 10.6. The smallest absolute Gasteiger partial charge is 0.140 e. The number of carboxylic acids is 1. The highest BCUT2D eigenvalue weighted by molar-refractivity contribution is 5.92. The Bertz CT molecular complexity index is 1070. The lowest BCUT2D eigenvalue weighted by molar-refractivity contribution is -0.842. The van der Waals surface area contributed by atoms with E-state index in [9.17, 15) is 14.3 Å². The number of halogens is 1. The van der Waals surface area contributed by atoms with Crippen LogP contribution in [-0.2, 0) is 17.9 Å². The molecule has 1 aliphatic heterocycles. The predicted octanol–water partition coefficient (Wildman–Crippen LogP) is 1.93. The largest absolute Gasteiger partial charge is 0.545 e. The van der Waals surface area contributed by atoms with E-state index < -0.39 is 5.97 Å². The Balaban J connectivity index is 1.44. The maximum Gasteiger partial charge on any atom is 0.140 e. The second kappa shape index (κ2) is 10.3. The third kappa shape index (κ3) is 5.43. The molecule has 1 saturated heterocycles. The summed E-state index contributed by atoms with van der Waals surface area (Å²) in [7, 11) is 0. The van der Waals surface area contributed by atoms with Gasteiger partial charge in [-0.15, -0.1) is 0 Å². The SMILES string of the molecule is O=C([O-])c1cc(NCc2ccccc2OCc2ccc(F)cc2)ccc1[NH+]1CCOCC1. The quantitative estimate of drug-likeness (QED) is 0.565. The van der Waals surface area contributed by atoms with Crippen molar-refractivity contribution in [1.29, 1.82) is 0 Å². The van der Waals surface area contributed by atoms with E-state index in [0.29, 0.717) is 37.8 Å². The van der Waals surface area contributed by atoms with Crippen molar-refractivity contribution in [3.05, 3.63) is 89.2 Å². The molecule has 1 aliphatic rings. The number of para-hydroxylation sites is 1. The number of nitrogens with one attached hydrogen (secondary N) is 2. The van der Waals surface area contributed by atoms with Gasteiger partial charge in [-0.25, -0.2) is 4.39 Å². The first-order chi connectivity index (χ1) is 15.6. The van der Waals surface area contributed by atoms with E-state index in [2.05, 4.69) is 5.32 Å². The number of rotatable bonds is 8. The van der Waals surface area contributed by atoms with Crippen molar-refractivity contribution in [3.63, 3.8) is 0 Å². The van der Waals surface area contributed by atoms with E-state index in [4.69, 9.17) is 9.47 Å². The highest BCUT2D eigenvalue weighted by atomic mass is 19.1. The van der Waals surface area contributed by atoms with Crippen molar-refractivity contribution in [3.8, 4) is 5.75 Å². The van der Waals surface area contributed by atoms with Gasteiger partial charge in [-0.1, -0.05) is 30.3 Å². The summed E-state index contributed by atoms with van der Waals surface area (Å²) in [6, 6.07) is 19.2. The van der Waals surface area contributed by atoms with E-state index in [1.54, 1.807) is 18.2 Å². The van der Waals surface area contributed by atoms with Crippen LogP contribution < -0.4 is 20.1 Å². The molecule has 3 aromatic carbocycles. The van der Waals surface area contributed by atoms with Crippen molar-refractivity contribution in [2.45, 2.75) is 13.2 Å². The Morgan fingerprint density at radius 2 is 1.81 bits per heavy atom. The first kappa shape index (κ1) is 21.8. The highest BCUT2D eigenvalue weighted by Crippen LogP contribution is 2.23. The standard InChI is InChI=1S/C25H25FN2O4/c26-20-7-5-18(6-8-20)17-32-24-4-2-1-3-19(24)16-27-21-9-10-23(22(15-21)25(29)30)28-11-13-31-14-12-28/h1-10,15,27H,11-14,16-17H2,(H,29,30). The molecule has 0 radical (unpaired) electrons. The predicted molar refractivity (Wildman–Crippen MR) is 116 cm³/mol. The highest BCUT2D eigenvalue weighted by Gasteiger charge is 2.21. The number of morpholine rings is 1. The molecule has 1 fully saturated rings. The molecule has 2 N–H and O–H groups in total. The van der Waals surface area contributed by atoms with Crippen LogP contribution in [-0.4, -0.2) is 32.3 Å². The molecule has 32 heavy (non-hydrogen) atoms. The number of carboxylic acid groups (broad SMARTS) is 1. The average Bonchev–Trinajstić information content (AvgIpc) is 2.83. The Morgan fingerprint density at radius 3 is 2.56 bits per heavy atom. The van der Waals surface area contributed by atoms with Crippen LogP contribution in [0.1, 0.15) is 21.5 Å². The van der Waals surface area contributed by atoms with Gasteiger partial charge < -0.3 is 24.7 Å². The van der Waals surface area contributed by atoms with Crippen LogP contribution in [0.25, 0.3) is 0 Å². The molecule has 6 nitrogen and oxygen atoms in total. The van der Waals surface area contributed by atoms with Gasteiger partial charge in [0, 0.05) is 23.9 Å². The molecule has 0 atom stereocenters. The molecule has 0 bridgehead atoms. The van der Waals surface area contributed by atoms with Crippen LogP contribution in [0, 0.1) is 5.82 Å². The zero-order chi connectivity index (χ0) is 22.3. The molecule has 7 heteroatoms. The molecule has 0 amide bonds. The van der Waals surface area contributed by atoms with Crippen molar-refractivity contribution in [2.75, 3.05) is 31.6 Å². The van der Waals surface area contributed by atoms with Crippen LogP contribution in [0.4, 0.5) is 15.8 Å². The summed E-state index contributed by atoms with van der Waals surface area (Å²) in [6.07, 6.45) is 0. The molecule has 0 spiro atoms. The molecule has 166 valence electrons. The molecular weight excluding hydrogens is 411 g/mol. The van der Waals surface area contributed by atoms with Crippen LogP contribution in [0.2, 0.25) is 0 Å². The number of carbonyl (C=O) groups excluding carboxylic acids is 1. The zero-order valence-corrected chi connectivity index (χ0v) is 17.6. The zero-order valence-electron chi connectivity index (χ0n) is 17.6. The summed E-state index contributed by atoms with van der Waals surface area (Å²) in [5.41, 5.74) is 3.39. The van der Waals surface area contributed by atoms with Gasteiger partial charge in [-0.3, -0.25) is 4.90 Å². The molecule has 0 unspecified atom stereocenters. The number of ether oxygens (including phenoxy) is 2. The summed E-state index contributed by atoms with van der Waals surface area (Å²) in [5.74, 6) is -0.764. The van der Waals surface area contributed by atoms with E-state index in [-0.39, 0.29) is 11.4 Å². The minimum Gasteiger partial charge on any atom is -0.545 e. The third-order valence-electron chi connectivity index (χ3n) is 5.48.